The SMILES string of the molecule is CCOc1ccc(CN(C)CC(=O)NCC(=O)Nc2ccccc2Br)cc1. The number of nitrogens with one attached hydrogen (secondary N) is 2. The van der Waals surface area contributed by atoms with Crippen molar-refractivity contribution in [3.05, 3.63) is 58.6 Å². The predicted octanol–water partition coefficient (Wildman–Crippen LogP) is 3.03. The Labute approximate surface area is 168 Å². The van der Waals surface area contributed by atoms with E-state index in [0.29, 0.717) is 18.8 Å². The molecule has 0 saturated carbocycles. The van der Waals surface area contributed by atoms with Crippen LogP contribution in [-0.4, -0.2) is 43.5 Å². The third-order valence-electron chi connectivity index (χ3n) is 3.69. The molecule has 0 aromatic heterocycles. The molecule has 0 spiro atoms. The maximum absolute atomic E-state index is 12.0. The number of hydrogen-bond donors (Lipinski definition) is 2. The van der Waals surface area contributed by atoms with Gasteiger partial charge >= 0.3 is 0 Å². The highest BCUT2D eigenvalue weighted by atomic mass is 79.9. The van der Waals surface area contributed by atoms with Crippen molar-refractivity contribution in [1.82, 2.24) is 10.2 Å². The first-order chi connectivity index (χ1) is 13.0. The maximum atomic E-state index is 12.0. The van der Waals surface area contributed by atoms with Gasteiger partial charge in [-0.05, 0) is 59.7 Å². The quantitative estimate of drug-likeness (QED) is 0.637. The number of carbonyl (C=O) groups excluding carboxylic acids is 2. The van der Waals surface area contributed by atoms with Crippen LogP contribution in [0.4, 0.5) is 5.69 Å². The number of amides is 2. The van der Waals surface area contributed by atoms with Gasteiger partial charge in [-0.1, -0.05) is 24.3 Å². The first-order valence-corrected chi connectivity index (χ1v) is 9.48. The molecule has 27 heavy (non-hydrogen) atoms. The Morgan fingerprint density at radius 2 is 1.78 bits per heavy atom. The van der Waals surface area contributed by atoms with Crippen LogP contribution in [0.2, 0.25) is 0 Å². The van der Waals surface area contributed by atoms with Gasteiger partial charge in [-0.3, -0.25) is 14.5 Å². The van der Waals surface area contributed by atoms with E-state index in [-0.39, 0.29) is 24.9 Å². The van der Waals surface area contributed by atoms with Crippen molar-refractivity contribution in [2.24, 2.45) is 0 Å². The summed E-state index contributed by atoms with van der Waals surface area (Å²) in [4.78, 5) is 25.9. The highest BCUT2D eigenvalue weighted by Gasteiger charge is 2.10. The van der Waals surface area contributed by atoms with Crippen molar-refractivity contribution in [2.75, 3.05) is 32.1 Å². The smallest absolute Gasteiger partial charge is 0.243 e. The van der Waals surface area contributed by atoms with Gasteiger partial charge in [-0.2, -0.15) is 0 Å². The molecule has 0 heterocycles. The van der Waals surface area contributed by atoms with E-state index in [2.05, 4.69) is 26.6 Å². The van der Waals surface area contributed by atoms with Gasteiger partial charge in [-0.15, -0.1) is 0 Å². The number of rotatable bonds is 9. The van der Waals surface area contributed by atoms with E-state index in [0.717, 1.165) is 15.8 Å². The summed E-state index contributed by atoms with van der Waals surface area (Å²) < 4.78 is 6.21. The van der Waals surface area contributed by atoms with Crippen molar-refractivity contribution < 1.29 is 14.3 Å². The zero-order valence-corrected chi connectivity index (χ0v) is 17.1. The lowest BCUT2D eigenvalue weighted by atomic mass is 10.2. The van der Waals surface area contributed by atoms with Gasteiger partial charge in [0.15, 0.2) is 0 Å². The molecule has 0 aliphatic carbocycles. The molecule has 0 aliphatic heterocycles. The Morgan fingerprint density at radius 1 is 1.07 bits per heavy atom. The van der Waals surface area contributed by atoms with Gasteiger partial charge in [0.1, 0.15) is 5.75 Å². The molecule has 0 atom stereocenters. The third-order valence-corrected chi connectivity index (χ3v) is 4.39. The summed E-state index contributed by atoms with van der Waals surface area (Å²) in [6.07, 6.45) is 0. The molecule has 6 nitrogen and oxygen atoms in total. The predicted molar refractivity (Wildman–Crippen MR) is 110 cm³/mol. The van der Waals surface area contributed by atoms with Crippen LogP contribution in [0.5, 0.6) is 5.75 Å². The second-order valence-corrected chi connectivity index (χ2v) is 6.91. The number of benzene rings is 2. The van der Waals surface area contributed by atoms with E-state index in [4.69, 9.17) is 4.74 Å². The van der Waals surface area contributed by atoms with Gasteiger partial charge in [-0.25, -0.2) is 0 Å². The first-order valence-electron chi connectivity index (χ1n) is 8.69. The van der Waals surface area contributed by atoms with Crippen LogP contribution in [0.15, 0.2) is 53.0 Å². The highest BCUT2D eigenvalue weighted by molar-refractivity contribution is 9.10. The minimum atomic E-state index is -0.274. The molecule has 0 fully saturated rings. The molecule has 0 aliphatic rings. The Kier molecular flexibility index (Phi) is 8.29. The van der Waals surface area contributed by atoms with E-state index >= 15 is 0 Å². The molecule has 2 N–H and O–H groups in total. The minimum absolute atomic E-state index is 0.0724. The monoisotopic (exact) mass is 433 g/mol. The Morgan fingerprint density at radius 3 is 2.44 bits per heavy atom. The van der Waals surface area contributed by atoms with Crippen LogP contribution in [-0.2, 0) is 16.1 Å². The topological polar surface area (TPSA) is 70.7 Å². The standard InChI is InChI=1S/C20H24BrN3O3/c1-3-27-16-10-8-15(9-11-16)13-24(2)14-20(26)22-12-19(25)23-18-7-5-4-6-17(18)21/h4-11H,3,12-14H2,1-2H3,(H,22,26)(H,23,25). The fourth-order valence-electron chi connectivity index (χ4n) is 2.46. The summed E-state index contributed by atoms with van der Waals surface area (Å²) >= 11 is 3.37. The van der Waals surface area contributed by atoms with Gasteiger partial charge in [0.2, 0.25) is 11.8 Å². The fraction of sp³-hybridized carbons (Fsp3) is 0.300. The second-order valence-electron chi connectivity index (χ2n) is 6.05. The Bertz CT molecular complexity index is 765. The Balaban J connectivity index is 1.72. The zero-order valence-electron chi connectivity index (χ0n) is 15.5. The van der Waals surface area contributed by atoms with E-state index in [1.54, 1.807) is 6.07 Å². The van der Waals surface area contributed by atoms with Gasteiger partial charge in [0.05, 0.1) is 25.4 Å². The number of para-hydroxylation sites is 1. The molecule has 2 aromatic carbocycles. The van der Waals surface area contributed by atoms with Crippen molar-refractivity contribution >= 4 is 33.4 Å². The molecule has 7 heteroatoms. The zero-order chi connectivity index (χ0) is 19.6. The van der Waals surface area contributed by atoms with Crippen molar-refractivity contribution in [3.8, 4) is 5.75 Å². The largest absolute Gasteiger partial charge is 0.494 e. The van der Waals surface area contributed by atoms with Crippen molar-refractivity contribution in [1.29, 1.82) is 0 Å². The number of hydrogen-bond acceptors (Lipinski definition) is 4. The van der Waals surface area contributed by atoms with E-state index in [9.17, 15) is 9.59 Å². The molecule has 0 saturated heterocycles. The average Bonchev–Trinajstić information content (AvgIpc) is 2.64. The summed E-state index contributed by atoms with van der Waals surface area (Å²) in [5.41, 5.74) is 1.75. The van der Waals surface area contributed by atoms with Crippen LogP contribution in [0.3, 0.4) is 0 Å². The van der Waals surface area contributed by atoms with Gasteiger partial charge in [0, 0.05) is 11.0 Å². The summed E-state index contributed by atoms with van der Waals surface area (Å²) in [6.45, 7) is 3.34. The molecule has 2 amide bonds. The summed E-state index contributed by atoms with van der Waals surface area (Å²) in [5, 5.41) is 5.39. The molecule has 0 radical (unpaired) electrons. The van der Waals surface area contributed by atoms with Crippen LogP contribution < -0.4 is 15.4 Å². The van der Waals surface area contributed by atoms with Crippen LogP contribution in [0.25, 0.3) is 0 Å². The first kappa shape index (κ1) is 20.9. The lowest BCUT2D eigenvalue weighted by molar-refractivity contribution is -0.124. The van der Waals surface area contributed by atoms with Crippen molar-refractivity contribution in [2.45, 2.75) is 13.5 Å². The summed E-state index contributed by atoms with van der Waals surface area (Å²) in [6, 6.07) is 15.1. The van der Waals surface area contributed by atoms with Crippen LogP contribution in [0, 0.1) is 0 Å². The van der Waals surface area contributed by atoms with Gasteiger partial charge in [0.25, 0.3) is 0 Å². The molecular weight excluding hydrogens is 410 g/mol. The molecule has 0 unspecified atom stereocenters. The van der Waals surface area contributed by atoms with Crippen molar-refractivity contribution in [3.63, 3.8) is 0 Å². The Hall–Kier alpha value is -2.38. The summed E-state index contributed by atoms with van der Waals surface area (Å²) in [7, 11) is 1.86. The lowest BCUT2D eigenvalue weighted by Gasteiger charge is -2.16. The number of ether oxygens (including phenoxy) is 1. The molecule has 144 valence electrons. The van der Waals surface area contributed by atoms with Crippen LogP contribution >= 0.6 is 15.9 Å². The molecule has 0 bridgehead atoms. The number of halogens is 1. The molecule has 2 rings (SSSR count). The average molecular weight is 434 g/mol. The number of nitrogens with zero attached hydrogens (tertiary/aromatic N) is 1. The maximum Gasteiger partial charge on any atom is 0.243 e. The van der Waals surface area contributed by atoms with E-state index in [1.807, 2.05) is 61.3 Å². The lowest BCUT2D eigenvalue weighted by Crippen LogP contribution is -2.39. The van der Waals surface area contributed by atoms with Gasteiger partial charge < -0.3 is 15.4 Å². The third kappa shape index (κ3) is 7.40. The van der Waals surface area contributed by atoms with E-state index < -0.39 is 0 Å². The highest BCUT2D eigenvalue weighted by Crippen LogP contribution is 2.20. The van der Waals surface area contributed by atoms with E-state index in [1.165, 1.54) is 0 Å². The number of carbonyl (C=O) groups is 2. The second kappa shape index (κ2) is 10.7. The normalized spacial score (nSPS) is 10.5. The summed E-state index contributed by atoms with van der Waals surface area (Å²) in [5.74, 6) is 0.354. The molecular formula is C20H24BrN3O3. The fourth-order valence-corrected chi connectivity index (χ4v) is 2.85. The van der Waals surface area contributed by atoms with Crippen LogP contribution in [0.1, 0.15) is 12.5 Å². The molecule has 2 aromatic rings. The minimum Gasteiger partial charge on any atom is -0.494 e. The number of likely N-dealkylation sites (N-methyl/N-ethyl adjacent to an activating group) is 1. The number of anilines is 1.